The molecule has 25 heavy (non-hydrogen) atoms. The number of hydrogen-bond acceptors (Lipinski definition) is 3. The molecule has 0 aromatic heterocycles. The molecule has 1 heterocycles. The van der Waals surface area contributed by atoms with Crippen LogP contribution in [0.15, 0.2) is 48.5 Å². The Balaban J connectivity index is 1.41. The van der Waals surface area contributed by atoms with Crippen molar-refractivity contribution in [3.63, 3.8) is 0 Å². The third-order valence-electron chi connectivity index (χ3n) is 4.39. The Morgan fingerprint density at radius 3 is 2.56 bits per heavy atom. The second-order valence-corrected chi connectivity index (χ2v) is 6.66. The average Bonchev–Trinajstić information content (AvgIpc) is 2.65. The van der Waals surface area contributed by atoms with E-state index >= 15 is 0 Å². The number of fused-ring (bicyclic) bond motifs is 1. The fourth-order valence-electron chi connectivity index (χ4n) is 2.84. The van der Waals surface area contributed by atoms with E-state index in [1.165, 1.54) is 11.1 Å². The summed E-state index contributed by atoms with van der Waals surface area (Å²) in [4.78, 5) is 12.2. The van der Waals surface area contributed by atoms with Crippen LogP contribution >= 0.6 is 0 Å². The Bertz CT molecular complexity index is 709. The summed E-state index contributed by atoms with van der Waals surface area (Å²) < 4.78 is 11.3. The molecule has 0 unspecified atom stereocenters. The average molecular weight is 339 g/mol. The second-order valence-electron chi connectivity index (χ2n) is 6.66. The molecule has 0 fully saturated rings. The number of aryl methyl sites for hydroxylation is 1. The van der Waals surface area contributed by atoms with Crippen LogP contribution in [0.1, 0.15) is 37.3 Å². The van der Waals surface area contributed by atoms with Crippen LogP contribution in [0.2, 0.25) is 0 Å². The van der Waals surface area contributed by atoms with E-state index in [1.807, 2.05) is 24.3 Å². The summed E-state index contributed by atoms with van der Waals surface area (Å²) in [5.41, 5.74) is 2.65. The van der Waals surface area contributed by atoms with E-state index in [9.17, 15) is 4.79 Å². The van der Waals surface area contributed by atoms with Crippen LogP contribution < -0.4 is 14.8 Å². The molecule has 3 rings (SSSR count). The van der Waals surface area contributed by atoms with Crippen LogP contribution in [0.4, 0.5) is 0 Å². The summed E-state index contributed by atoms with van der Waals surface area (Å²) in [6, 6.07) is 16.1. The van der Waals surface area contributed by atoms with Gasteiger partial charge in [0.25, 0.3) is 5.91 Å². The molecule has 1 aliphatic rings. The van der Waals surface area contributed by atoms with Gasteiger partial charge < -0.3 is 14.8 Å². The van der Waals surface area contributed by atoms with Crippen molar-refractivity contribution >= 4 is 5.91 Å². The van der Waals surface area contributed by atoms with Gasteiger partial charge in [0, 0.05) is 6.54 Å². The number of hydrogen-bond donors (Lipinski definition) is 1. The van der Waals surface area contributed by atoms with E-state index in [4.69, 9.17) is 9.47 Å². The lowest BCUT2D eigenvalue weighted by atomic mass is 10.0. The molecule has 2 aromatic rings. The molecule has 0 aliphatic carbocycles. The predicted octanol–water partition coefficient (Wildman–Crippen LogP) is 3.70. The minimum Gasteiger partial charge on any atom is -0.485 e. The van der Waals surface area contributed by atoms with Gasteiger partial charge in [-0.3, -0.25) is 4.79 Å². The van der Waals surface area contributed by atoms with E-state index in [1.54, 1.807) is 0 Å². The molecule has 0 bridgehead atoms. The lowest BCUT2D eigenvalue weighted by Gasteiger charge is -2.25. The third-order valence-corrected chi connectivity index (χ3v) is 4.39. The van der Waals surface area contributed by atoms with Gasteiger partial charge in [-0.1, -0.05) is 50.2 Å². The Hall–Kier alpha value is -2.49. The Labute approximate surface area is 149 Å². The summed E-state index contributed by atoms with van der Waals surface area (Å²) in [5.74, 6) is 1.75. The highest BCUT2D eigenvalue weighted by Crippen LogP contribution is 2.30. The smallest absolute Gasteiger partial charge is 0.264 e. The van der Waals surface area contributed by atoms with Gasteiger partial charge in [-0.2, -0.15) is 0 Å². The van der Waals surface area contributed by atoms with Crippen molar-refractivity contribution in [3.05, 3.63) is 59.7 Å². The van der Waals surface area contributed by atoms with Gasteiger partial charge in [0.2, 0.25) is 6.10 Å². The number of carbonyl (C=O) groups is 1. The van der Waals surface area contributed by atoms with Gasteiger partial charge in [0.05, 0.1) is 0 Å². The van der Waals surface area contributed by atoms with Crippen molar-refractivity contribution in [1.29, 1.82) is 0 Å². The number of benzene rings is 2. The number of carbonyl (C=O) groups excluding carboxylic acids is 1. The molecule has 0 saturated carbocycles. The van der Waals surface area contributed by atoms with Crippen molar-refractivity contribution in [1.82, 2.24) is 5.32 Å². The topological polar surface area (TPSA) is 47.6 Å². The molecule has 4 nitrogen and oxygen atoms in total. The van der Waals surface area contributed by atoms with Crippen LogP contribution in [0.3, 0.4) is 0 Å². The van der Waals surface area contributed by atoms with Gasteiger partial charge in [-0.05, 0) is 42.0 Å². The molecule has 1 atom stereocenters. The second kappa shape index (κ2) is 8.06. The molecule has 0 radical (unpaired) electrons. The minimum atomic E-state index is -0.583. The largest absolute Gasteiger partial charge is 0.485 e. The van der Waals surface area contributed by atoms with Crippen LogP contribution in [0.25, 0.3) is 0 Å². The highest BCUT2D eigenvalue weighted by atomic mass is 16.6. The summed E-state index contributed by atoms with van der Waals surface area (Å²) in [7, 11) is 0. The fourth-order valence-corrected chi connectivity index (χ4v) is 2.84. The van der Waals surface area contributed by atoms with Crippen LogP contribution in [0.5, 0.6) is 11.5 Å². The molecule has 1 amide bonds. The normalized spacial score (nSPS) is 15.9. The Morgan fingerprint density at radius 2 is 1.84 bits per heavy atom. The molecular weight excluding hydrogens is 314 g/mol. The van der Waals surface area contributed by atoms with Crippen LogP contribution in [-0.2, 0) is 11.2 Å². The zero-order valence-corrected chi connectivity index (χ0v) is 14.8. The van der Waals surface area contributed by atoms with Gasteiger partial charge in [0.1, 0.15) is 6.61 Å². The lowest BCUT2D eigenvalue weighted by molar-refractivity contribution is -0.130. The van der Waals surface area contributed by atoms with Gasteiger partial charge in [-0.25, -0.2) is 0 Å². The van der Waals surface area contributed by atoms with E-state index in [-0.39, 0.29) is 12.5 Å². The summed E-state index contributed by atoms with van der Waals surface area (Å²) in [6.07, 6.45) is 1.26. The highest BCUT2D eigenvalue weighted by molar-refractivity contribution is 5.81. The van der Waals surface area contributed by atoms with Crippen molar-refractivity contribution in [2.75, 3.05) is 13.2 Å². The Morgan fingerprint density at radius 1 is 1.12 bits per heavy atom. The highest BCUT2D eigenvalue weighted by Gasteiger charge is 2.26. The first-order valence-electron chi connectivity index (χ1n) is 8.88. The SMILES string of the molecule is CC(C)c1ccc(CCCNC(=O)[C@H]2COc3ccccc3O2)cc1. The summed E-state index contributed by atoms with van der Waals surface area (Å²) in [5, 5.41) is 2.94. The maximum absolute atomic E-state index is 12.2. The van der Waals surface area contributed by atoms with Crippen molar-refractivity contribution in [3.8, 4) is 11.5 Å². The first kappa shape index (κ1) is 17.3. The number of rotatable bonds is 6. The van der Waals surface area contributed by atoms with E-state index in [0.29, 0.717) is 24.0 Å². The van der Waals surface area contributed by atoms with Crippen molar-refractivity contribution in [2.24, 2.45) is 0 Å². The molecule has 4 heteroatoms. The molecular formula is C21H25NO3. The standard InChI is InChI=1S/C21H25NO3/c1-15(2)17-11-9-16(10-12-17)6-5-13-22-21(23)20-14-24-18-7-3-4-8-19(18)25-20/h3-4,7-12,15,20H,5-6,13-14H2,1-2H3,(H,22,23)/t20-/m1/s1. The van der Waals surface area contributed by atoms with Crippen molar-refractivity contribution in [2.45, 2.75) is 38.7 Å². The summed E-state index contributed by atoms with van der Waals surface area (Å²) >= 11 is 0. The summed E-state index contributed by atoms with van der Waals surface area (Å²) in [6.45, 7) is 5.27. The molecule has 0 saturated heterocycles. The van der Waals surface area contributed by atoms with Crippen molar-refractivity contribution < 1.29 is 14.3 Å². The molecule has 2 aromatic carbocycles. The van der Waals surface area contributed by atoms with Gasteiger partial charge in [0.15, 0.2) is 11.5 Å². The molecule has 0 spiro atoms. The van der Waals surface area contributed by atoms with E-state index in [2.05, 4.69) is 43.4 Å². The number of nitrogens with one attached hydrogen (secondary N) is 1. The van der Waals surface area contributed by atoms with Crippen LogP contribution in [0, 0.1) is 0 Å². The first-order chi connectivity index (χ1) is 12.1. The minimum absolute atomic E-state index is 0.121. The Kier molecular flexibility index (Phi) is 5.59. The number of para-hydroxylation sites is 2. The van der Waals surface area contributed by atoms with E-state index in [0.717, 1.165) is 12.8 Å². The molecule has 1 aliphatic heterocycles. The third kappa shape index (κ3) is 4.53. The number of amides is 1. The zero-order chi connectivity index (χ0) is 17.6. The van der Waals surface area contributed by atoms with Gasteiger partial charge in [-0.15, -0.1) is 0 Å². The first-order valence-corrected chi connectivity index (χ1v) is 8.88. The van der Waals surface area contributed by atoms with E-state index < -0.39 is 6.10 Å². The lowest BCUT2D eigenvalue weighted by Crippen LogP contribution is -2.44. The predicted molar refractivity (Wildman–Crippen MR) is 98.2 cm³/mol. The fraction of sp³-hybridized carbons (Fsp3) is 0.381. The monoisotopic (exact) mass is 339 g/mol. The van der Waals surface area contributed by atoms with Crippen LogP contribution in [-0.4, -0.2) is 25.2 Å². The maximum Gasteiger partial charge on any atom is 0.264 e. The molecule has 132 valence electrons. The quantitative estimate of drug-likeness (QED) is 0.817. The maximum atomic E-state index is 12.2. The number of ether oxygens (including phenoxy) is 2. The molecule has 1 N–H and O–H groups in total. The zero-order valence-electron chi connectivity index (χ0n) is 14.8. The van der Waals surface area contributed by atoms with Gasteiger partial charge >= 0.3 is 0 Å².